The Morgan fingerprint density at radius 2 is 2.17 bits per heavy atom. The smallest absolute Gasteiger partial charge is 0.0896 e. The van der Waals surface area contributed by atoms with Crippen LogP contribution in [0.2, 0.25) is 0 Å². The molecule has 3 nitrogen and oxygen atoms in total. The molecule has 0 N–H and O–H groups in total. The average Bonchev–Trinajstić information content (AvgIpc) is 2.63. The summed E-state index contributed by atoms with van der Waals surface area (Å²) in [6.45, 7) is 6.71. The summed E-state index contributed by atoms with van der Waals surface area (Å²) in [5, 5.41) is 4.58. The van der Waals surface area contributed by atoms with Gasteiger partial charge in [0.05, 0.1) is 22.5 Å². The summed E-state index contributed by atoms with van der Waals surface area (Å²) in [7, 11) is 0. The zero-order valence-corrected chi connectivity index (χ0v) is 13.0. The van der Waals surface area contributed by atoms with Gasteiger partial charge in [-0.15, -0.1) is 0 Å². The molecule has 0 aliphatic heterocycles. The Bertz CT molecular complexity index is 385. The maximum absolute atomic E-state index is 5.82. The van der Waals surface area contributed by atoms with E-state index in [1.54, 1.807) is 0 Å². The Hall–Kier alpha value is -0.350. The van der Waals surface area contributed by atoms with Crippen molar-refractivity contribution in [2.45, 2.75) is 59.1 Å². The molecule has 2 rings (SSSR count). The quantitative estimate of drug-likeness (QED) is 0.713. The molecule has 0 bridgehead atoms. The highest BCUT2D eigenvalue weighted by atomic mass is 79.9. The maximum atomic E-state index is 5.82. The van der Waals surface area contributed by atoms with E-state index < -0.39 is 0 Å². The van der Waals surface area contributed by atoms with Crippen molar-refractivity contribution in [3.63, 3.8) is 0 Å². The van der Waals surface area contributed by atoms with Crippen LogP contribution in [-0.4, -0.2) is 16.4 Å². The highest BCUT2D eigenvalue weighted by Gasteiger charge is 2.17. The number of aromatic nitrogens is 2. The van der Waals surface area contributed by atoms with E-state index in [2.05, 4.69) is 34.9 Å². The summed E-state index contributed by atoms with van der Waals surface area (Å²) in [4.78, 5) is 0. The first-order valence-electron chi connectivity index (χ1n) is 7.08. The van der Waals surface area contributed by atoms with Crippen molar-refractivity contribution in [3.8, 4) is 0 Å². The largest absolute Gasteiger partial charge is 0.375 e. The molecule has 1 heterocycles. The third-order valence-corrected chi connectivity index (χ3v) is 4.74. The summed E-state index contributed by atoms with van der Waals surface area (Å²) in [6.07, 6.45) is 6.40. The molecule has 1 saturated carbocycles. The molecule has 1 aliphatic carbocycles. The van der Waals surface area contributed by atoms with Gasteiger partial charge in [-0.3, -0.25) is 4.68 Å². The van der Waals surface area contributed by atoms with Gasteiger partial charge in [0.1, 0.15) is 0 Å². The molecule has 4 heteroatoms. The predicted molar refractivity (Wildman–Crippen MR) is 76.6 cm³/mol. The first-order valence-corrected chi connectivity index (χ1v) is 7.87. The van der Waals surface area contributed by atoms with Gasteiger partial charge >= 0.3 is 0 Å². The lowest BCUT2D eigenvalue weighted by Crippen LogP contribution is -2.14. The van der Waals surface area contributed by atoms with Crippen LogP contribution in [0.1, 0.15) is 50.9 Å². The van der Waals surface area contributed by atoms with Gasteiger partial charge in [-0.2, -0.15) is 5.10 Å². The van der Waals surface area contributed by atoms with E-state index in [4.69, 9.17) is 4.74 Å². The summed E-state index contributed by atoms with van der Waals surface area (Å²) < 4.78 is 9.00. The Morgan fingerprint density at radius 1 is 1.39 bits per heavy atom. The number of ether oxygens (including phenoxy) is 1. The van der Waals surface area contributed by atoms with Gasteiger partial charge in [-0.05, 0) is 41.6 Å². The van der Waals surface area contributed by atoms with Crippen LogP contribution < -0.4 is 0 Å². The van der Waals surface area contributed by atoms with Crippen LogP contribution >= 0.6 is 15.9 Å². The van der Waals surface area contributed by atoms with Gasteiger partial charge in [-0.25, -0.2) is 0 Å². The predicted octanol–water partition coefficient (Wildman–Crippen LogP) is 3.93. The SMILES string of the molecule is CCc1nn(CC)c(COCCC2CCC2)c1Br. The molecule has 0 saturated heterocycles. The van der Waals surface area contributed by atoms with Crippen LogP contribution in [0.5, 0.6) is 0 Å². The van der Waals surface area contributed by atoms with Crippen LogP contribution in [0.15, 0.2) is 4.47 Å². The van der Waals surface area contributed by atoms with E-state index in [-0.39, 0.29) is 0 Å². The lowest BCUT2D eigenvalue weighted by Gasteiger charge is -2.24. The van der Waals surface area contributed by atoms with E-state index in [9.17, 15) is 0 Å². The van der Waals surface area contributed by atoms with Crippen LogP contribution in [0, 0.1) is 5.92 Å². The number of rotatable bonds is 7. The minimum atomic E-state index is 0.675. The zero-order valence-electron chi connectivity index (χ0n) is 11.4. The van der Waals surface area contributed by atoms with Crippen molar-refractivity contribution in [1.82, 2.24) is 9.78 Å². The molecule has 0 amide bonds. The first kappa shape index (κ1) is 14.1. The third kappa shape index (κ3) is 3.15. The van der Waals surface area contributed by atoms with Gasteiger partial charge in [-0.1, -0.05) is 26.2 Å². The molecule has 1 aliphatic rings. The van der Waals surface area contributed by atoms with Gasteiger partial charge in [0.2, 0.25) is 0 Å². The van der Waals surface area contributed by atoms with Crippen molar-refractivity contribution < 1.29 is 4.74 Å². The fraction of sp³-hybridized carbons (Fsp3) is 0.786. The lowest BCUT2D eigenvalue weighted by molar-refractivity contribution is 0.0901. The molecule has 0 aromatic carbocycles. The van der Waals surface area contributed by atoms with Gasteiger partial charge in [0, 0.05) is 13.2 Å². The average molecular weight is 315 g/mol. The highest BCUT2D eigenvalue weighted by molar-refractivity contribution is 9.10. The molecule has 1 fully saturated rings. The van der Waals surface area contributed by atoms with Crippen LogP contribution in [0.25, 0.3) is 0 Å². The van der Waals surface area contributed by atoms with Gasteiger partial charge in [0.15, 0.2) is 0 Å². The Balaban J connectivity index is 1.84. The Morgan fingerprint density at radius 3 is 2.72 bits per heavy atom. The maximum Gasteiger partial charge on any atom is 0.0896 e. The fourth-order valence-corrected chi connectivity index (χ4v) is 3.03. The van der Waals surface area contributed by atoms with E-state index in [0.717, 1.165) is 35.7 Å². The van der Waals surface area contributed by atoms with Crippen LogP contribution in [0.4, 0.5) is 0 Å². The standard InChI is InChI=1S/C14H23BrN2O/c1-3-12-14(15)13(17(4-2)16-12)10-18-9-8-11-6-5-7-11/h11H,3-10H2,1-2H3. The second kappa shape index (κ2) is 6.71. The molecule has 1 aromatic rings. The Labute approximate surface area is 118 Å². The zero-order chi connectivity index (χ0) is 13.0. The minimum Gasteiger partial charge on any atom is -0.375 e. The Kier molecular flexibility index (Phi) is 5.25. The second-order valence-electron chi connectivity index (χ2n) is 5.01. The van der Waals surface area contributed by atoms with E-state index in [1.165, 1.54) is 31.4 Å². The normalized spacial score (nSPS) is 15.9. The summed E-state index contributed by atoms with van der Waals surface area (Å²) >= 11 is 3.65. The van der Waals surface area contributed by atoms with Crippen LogP contribution in [-0.2, 0) is 24.3 Å². The summed E-state index contributed by atoms with van der Waals surface area (Å²) in [5.41, 5.74) is 2.32. The first-order chi connectivity index (χ1) is 8.76. The van der Waals surface area contributed by atoms with Gasteiger partial charge < -0.3 is 4.74 Å². The summed E-state index contributed by atoms with van der Waals surface area (Å²) in [5.74, 6) is 0.927. The fourth-order valence-electron chi connectivity index (χ4n) is 2.36. The monoisotopic (exact) mass is 314 g/mol. The number of hydrogen-bond donors (Lipinski definition) is 0. The molecule has 0 spiro atoms. The van der Waals surface area contributed by atoms with E-state index in [0.29, 0.717) is 6.61 Å². The van der Waals surface area contributed by atoms with Crippen molar-refractivity contribution in [3.05, 3.63) is 15.9 Å². The highest BCUT2D eigenvalue weighted by Crippen LogP contribution is 2.29. The topological polar surface area (TPSA) is 27.1 Å². The molecule has 102 valence electrons. The molecule has 18 heavy (non-hydrogen) atoms. The summed E-state index contributed by atoms with van der Waals surface area (Å²) in [6, 6.07) is 0. The molecular weight excluding hydrogens is 292 g/mol. The van der Waals surface area contributed by atoms with Crippen molar-refractivity contribution >= 4 is 15.9 Å². The van der Waals surface area contributed by atoms with Crippen molar-refractivity contribution in [1.29, 1.82) is 0 Å². The molecular formula is C14H23BrN2O. The van der Waals surface area contributed by atoms with Gasteiger partial charge in [0.25, 0.3) is 0 Å². The molecule has 0 unspecified atom stereocenters. The lowest BCUT2D eigenvalue weighted by atomic mass is 9.83. The van der Waals surface area contributed by atoms with Crippen molar-refractivity contribution in [2.75, 3.05) is 6.61 Å². The van der Waals surface area contributed by atoms with Crippen molar-refractivity contribution in [2.24, 2.45) is 5.92 Å². The number of hydrogen-bond acceptors (Lipinski definition) is 2. The molecule has 0 atom stereocenters. The number of halogens is 1. The minimum absolute atomic E-state index is 0.675. The van der Waals surface area contributed by atoms with E-state index in [1.807, 2.05) is 4.68 Å². The molecule has 0 radical (unpaired) electrons. The number of nitrogens with zero attached hydrogens (tertiary/aromatic N) is 2. The van der Waals surface area contributed by atoms with E-state index >= 15 is 0 Å². The number of aryl methyl sites for hydroxylation is 2. The second-order valence-corrected chi connectivity index (χ2v) is 5.81. The van der Waals surface area contributed by atoms with Crippen LogP contribution in [0.3, 0.4) is 0 Å². The molecule has 1 aromatic heterocycles. The third-order valence-electron chi connectivity index (χ3n) is 3.83.